The molecule has 0 radical (unpaired) electrons. The highest BCUT2D eigenvalue weighted by Crippen LogP contribution is 2.40. The highest BCUT2D eigenvalue weighted by Gasteiger charge is 2.42. The molecule has 8 aromatic rings. The number of hydrogen-bond acceptors (Lipinski definition) is 14. The van der Waals surface area contributed by atoms with Crippen LogP contribution in [0.5, 0.6) is 0 Å². The van der Waals surface area contributed by atoms with Gasteiger partial charge in [0.2, 0.25) is 5.95 Å². The number of H-pyrrole nitrogens is 1. The Hall–Kier alpha value is -5.70. The molecule has 20 heteroatoms. The fourth-order valence-electron chi connectivity index (χ4n) is 11.3. The molecule has 1 unspecified atom stereocenters. The molecular formula is C55H70Cl2N16O2. The molecule has 6 aromatic heterocycles. The molecule has 1 aliphatic carbocycles. The van der Waals surface area contributed by atoms with Crippen LogP contribution in [0.15, 0.2) is 98.4 Å². The summed E-state index contributed by atoms with van der Waals surface area (Å²) >= 11 is 13.4. The number of fused-ring (bicyclic) bond motifs is 2. The molecule has 3 N–H and O–H groups in total. The minimum absolute atomic E-state index is 0.208. The van der Waals surface area contributed by atoms with E-state index < -0.39 is 0 Å². The average Bonchev–Trinajstić information content (AvgIpc) is 4.29. The summed E-state index contributed by atoms with van der Waals surface area (Å²) in [5.41, 5.74) is 6.77. The number of aromatic nitrogens is 12. The lowest BCUT2D eigenvalue weighted by molar-refractivity contribution is -0.136. The summed E-state index contributed by atoms with van der Waals surface area (Å²) in [5, 5.41) is 30.8. The van der Waals surface area contributed by atoms with Gasteiger partial charge >= 0.3 is 0 Å². The zero-order chi connectivity index (χ0) is 51.9. The van der Waals surface area contributed by atoms with Gasteiger partial charge in [0.25, 0.3) is 0 Å². The number of hydrogen-bond donors (Lipinski definition) is 3. The Bertz CT molecular complexity index is 3060. The molecule has 2 aromatic carbocycles. The van der Waals surface area contributed by atoms with E-state index in [2.05, 4.69) is 106 Å². The van der Waals surface area contributed by atoms with Crippen LogP contribution in [-0.4, -0.2) is 159 Å². The van der Waals surface area contributed by atoms with E-state index in [1.54, 1.807) is 54.0 Å². The van der Waals surface area contributed by atoms with Gasteiger partial charge in [0.05, 0.1) is 79.5 Å². The number of ether oxygens (including phenoxy) is 2. The van der Waals surface area contributed by atoms with Crippen molar-refractivity contribution in [2.45, 2.75) is 107 Å². The van der Waals surface area contributed by atoms with Crippen molar-refractivity contribution >= 4 is 45.0 Å². The van der Waals surface area contributed by atoms with Crippen molar-refractivity contribution in [3.63, 3.8) is 0 Å². The molecule has 5 aliphatic rings. The molecule has 0 amide bonds. The third kappa shape index (κ3) is 11.8. The van der Waals surface area contributed by atoms with Gasteiger partial charge < -0.3 is 20.1 Å². The Morgan fingerprint density at radius 1 is 0.600 bits per heavy atom. The third-order valence-electron chi connectivity index (χ3n) is 15.9. The second-order valence-electron chi connectivity index (χ2n) is 21.0. The Labute approximate surface area is 448 Å². The predicted octanol–water partition coefficient (Wildman–Crippen LogP) is 8.51. The molecular weight excluding hydrogens is 988 g/mol. The fraction of sp³-hybridized carbons (Fsp3) is 0.491. The number of nitrogens with zero attached hydrogens (tertiary/aromatic N) is 13. The molecule has 10 heterocycles. The summed E-state index contributed by atoms with van der Waals surface area (Å²) in [6, 6.07) is 13.5. The quantitative estimate of drug-likeness (QED) is 0.125. The van der Waals surface area contributed by atoms with E-state index in [9.17, 15) is 0 Å². The maximum Gasteiger partial charge on any atom is 0.250 e. The Balaban J connectivity index is 0.000000132. The number of benzene rings is 2. The molecule has 396 valence electrons. The lowest BCUT2D eigenvalue weighted by Gasteiger charge is -2.50. The normalized spacial score (nSPS) is 20.9. The van der Waals surface area contributed by atoms with Crippen molar-refractivity contribution in [1.29, 1.82) is 0 Å². The molecule has 5 fully saturated rings. The summed E-state index contributed by atoms with van der Waals surface area (Å²) in [4.78, 5) is 21.4. The van der Waals surface area contributed by atoms with Crippen LogP contribution in [0, 0.1) is 6.92 Å². The summed E-state index contributed by atoms with van der Waals surface area (Å²) in [5.74, 6) is 2.27. The highest BCUT2D eigenvalue weighted by atomic mass is 35.5. The van der Waals surface area contributed by atoms with Crippen LogP contribution in [0.1, 0.15) is 94.0 Å². The van der Waals surface area contributed by atoms with Crippen LogP contribution in [0.4, 0.5) is 0 Å². The fourth-order valence-corrected chi connectivity index (χ4v) is 11.9. The lowest BCUT2D eigenvalue weighted by atomic mass is 9.86. The van der Waals surface area contributed by atoms with Gasteiger partial charge in [-0.1, -0.05) is 36.0 Å². The van der Waals surface area contributed by atoms with Crippen molar-refractivity contribution in [2.24, 2.45) is 0 Å². The maximum absolute atomic E-state index is 6.74. The van der Waals surface area contributed by atoms with Crippen molar-refractivity contribution in [2.75, 3.05) is 66.7 Å². The van der Waals surface area contributed by atoms with Gasteiger partial charge in [-0.2, -0.15) is 20.4 Å². The molecule has 0 spiro atoms. The van der Waals surface area contributed by atoms with Gasteiger partial charge in [-0.25, -0.2) is 34.0 Å². The van der Waals surface area contributed by atoms with Gasteiger partial charge in [-0.05, 0) is 159 Å². The van der Waals surface area contributed by atoms with Gasteiger partial charge in [0, 0.05) is 63.9 Å². The molecule has 18 nitrogen and oxygen atoms in total. The van der Waals surface area contributed by atoms with Crippen LogP contribution in [0.3, 0.4) is 0 Å². The number of aryl methyl sites for hydroxylation is 1. The number of likely N-dealkylation sites (tertiary alicyclic amines) is 2. The summed E-state index contributed by atoms with van der Waals surface area (Å²) in [6.07, 6.45) is 27.7. The Kier molecular flexibility index (Phi) is 16.6. The number of piperidine rings is 2. The largest absolute Gasteiger partial charge is 0.377 e. The lowest BCUT2D eigenvalue weighted by Crippen LogP contribution is -2.61. The van der Waals surface area contributed by atoms with E-state index in [-0.39, 0.29) is 11.1 Å². The number of likely N-dealkylation sites (N-methyl/N-ethyl adjacent to an activating group) is 2. The Morgan fingerprint density at radius 3 is 1.49 bits per heavy atom. The van der Waals surface area contributed by atoms with E-state index in [1.807, 2.05) is 53.2 Å². The van der Waals surface area contributed by atoms with Crippen LogP contribution < -0.4 is 10.6 Å². The van der Waals surface area contributed by atoms with Crippen LogP contribution in [-0.2, 0) is 9.47 Å². The summed E-state index contributed by atoms with van der Waals surface area (Å²) < 4.78 is 16.4. The molecule has 13 rings (SSSR count). The SMILES string of the molecule is CC1(N2CCC(c3cc4c(cnn4-c4cn[nH]c4)cc3Cl)CC2)COC1.CC1(N2CCC(c3cc4c(cnn4-c4cnn(-c5ncccn5)c4)cc3Cl)CC2)COC1.CNC1CCCC[C@H]1NC.Cc1ncccn1. The topological polar surface area (TPSA) is 183 Å². The standard InChI is InChI=1S/C23H24ClN7O.C19H22ClN5O.C8H18N2.C5H6N2/c1-23(14-32-15-23)29-7-3-16(4-8-29)19-10-21-17(9-20(19)24)11-28-31(21)18-12-27-30(13-18)22-25-5-2-6-26-22;1-19(11-26-12-19)24-4-2-13(3-5-24)16-7-18-14(6-17(16)20)8-23-25(18)15-9-21-22-10-15;1-9-7-5-3-4-6-8(7)10-2;1-5-6-3-2-4-7-5/h2,5-6,9-13,16H,3-4,7-8,14-15H2,1H3;6-10,13H,2-5,11-12H2,1H3,(H,21,22);7-10H,3-6H2,1-2H3;2-4H,1H3/t;;7-,8?;/m..1./s1. The Morgan fingerprint density at radius 2 is 1.08 bits per heavy atom. The van der Waals surface area contributed by atoms with E-state index in [0.717, 1.165) is 127 Å². The second kappa shape index (κ2) is 23.7. The van der Waals surface area contributed by atoms with Crippen molar-refractivity contribution < 1.29 is 9.47 Å². The molecule has 0 bridgehead atoms. The predicted molar refractivity (Wildman–Crippen MR) is 293 cm³/mol. The van der Waals surface area contributed by atoms with Crippen LogP contribution >= 0.6 is 23.2 Å². The number of aromatic amines is 1. The minimum atomic E-state index is 0.208. The van der Waals surface area contributed by atoms with E-state index in [0.29, 0.717) is 29.9 Å². The number of rotatable bonds is 9. The third-order valence-corrected chi connectivity index (χ3v) is 16.6. The first-order chi connectivity index (χ1) is 36.5. The van der Waals surface area contributed by atoms with Crippen molar-refractivity contribution in [3.05, 3.63) is 125 Å². The monoisotopic (exact) mass is 1060 g/mol. The van der Waals surface area contributed by atoms with Gasteiger partial charge in [0.15, 0.2) is 0 Å². The second-order valence-corrected chi connectivity index (χ2v) is 21.8. The van der Waals surface area contributed by atoms with Crippen molar-refractivity contribution in [3.8, 4) is 17.3 Å². The highest BCUT2D eigenvalue weighted by molar-refractivity contribution is 6.32. The van der Waals surface area contributed by atoms with Crippen molar-refractivity contribution in [1.82, 2.24) is 79.9 Å². The first-order valence-corrected chi connectivity index (χ1v) is 27.2. The van der Waals surface area contributed by atoms with E-state index >= 15 is 0 Å². The first kappa shape index (κ1) is 52.7. The molecule has 1 saturated carbocycles. The van der Waals surface area contributed by atoms with Crippen LogP contribution in [0.2, 0.25) is 10.0 Å². The zero-order valence-electron chi connectivity index (χ0n) is 43.7. The van der Waals surface area contributed by atoms with Crippen LogP contribution in [0.25, 0.3) is 39.1 Å². The van der Waals surface area contributed by atoms with E-state index in [1.165, 1.54) is 36.8 Å². The number of nitrogens with one attached hydrogen (secondary N) is 3. The first-order valence-electron chi connectivity index (χ1n) is 26.4. The average molecular weight is 1060 g/mol. The summed E-state index contributed by atoms with van der Waals surface area (Å²) in [7, 11) is 4.11. The molecule has 75 heavy (non-hydrogen) atoms. The van der Waals surface area contributed by atoms with Gasteiger partial charge in [-0.15, -0.1) is 0 Å². The molecule has 4 aliphatic heterocycles. The zero-order valence-corrected chi connectivity index (χ0v) is 45.3. The minimum Gasteiger partial charge on any atom is -0.377 e. The molecule has 4 saturated heterocycles. The maximum atomic E-state index is 6.74. The van der Waals surface area contributed by atoms with E-state index in [4.69, 9.17) is 32.7 Å². The molecule has 2 atom stereocenters. The summed E-state index contributed by atoms with van der Waals surface area (Å²) in [6.45, 7) is 14.2. The number of halogens is 2. The van der Waals surface area contributed by atoms with Gasteiger partial charge in [0.1, 0.15) is 17.2 Å². The smallest absolute Gasteiger partial charge is 0.250 e. The van der Waals surface area contributed by atoms with Gasteiger partial charge in [-0.3, -0.25) is 14.9 Å².